The molecule has 0 unspecified atom stereocenters. The third kappa shape index (κ3) is 3.43. The summed E-state index contributed by atoms with van der Waals surface area (Å²) in [5.41, 5.74) is 5.87. The van der Waals surface area contributed by atoms with E-state index < -0.39 is 10.0 Å². The molecule has 0 atom stereocenters. The summed E-state index contributed by atoms with van der Waals surface area (Å²) in [7, 11) is -3.71. The van der Waals surface area contributed by atoms with E-state index in [1.165, 1.54) is 24.6 Å². The van der Waals surface area contributed by atoms with Crippen molar-refractivity contribution in [3.8, 4) is 0 Å². The van der Waals surface area contributed by atoms with Crippen LogP contribution in [0.5, 0.6) is 0 Å². The molecule has 0 bridgehead atoms. The molecule has 0 spiro atoms. The van der Waals surface area contributed by atoms with Gasteiger partial charge in [-0.2, -0.15) is 4.98 Å². The van der Waals surface area contributed by atoms with E-state index in [1.54, 1.807) is 0 Å². The molecular formula is C10H11ClN4O3S. The molecular weight excluding hydrogens is 292 g/mol. The molecule has 7 nitrogen and oxygen atoms in total. The molecule has 1 aromatic heterocycles. The molecule has 0 radical (unpaired) electrons. The Morgan fingerprint density at radius 2 is 2.21 bits per heavy atom. The largest absolute Gasteiger partial charge is 0.399 e. The molecule has 2 aromatic rings. The normalized spacial score (nSPS) is 11.6. The topological polar surface area (TPSA) is 111 Å². The van der Waals surface area contributed by atoms with Crippen molar-refractivity contribution in [2.45, 2.75) is 11.3 Å². The Kier molecular flexibility index (Phi) is 4.03. The predicted octanol–water partition coefficient (Wildman–Crippen LogP) is 0.826. The van der Waals surface area contributed by atoms with Crippen LogP contribution < -0.4 is 10.5 Å². The van der Waals surface area contributed by atoms with Crippen LogP contribution >= 0.6 is 11.6 Å². The minimum atomic E-state index is -3.71. The van der Waals surface area contributed by atoms with Gasteiger partial charge >= 0.3 is 0 Å². The van der Waals surface area contributed by atoms with Gasteiger partial charge in [0.25, 0.3) is 0 Å². The SMILES string of the molecule is Nc1ccc(Cl)c(S(=O)(=O)NCCc2ncon2)c1. The van der Waals surface area contributed by atoms with Crippen LogP contribution in [0.1, 0.15) is 5.82 Å². The van der Waals surface area contributed by atoms with Crippen molar-refractivity contribution in [1.29, 1.82) is 0 Å². The molecule has 19 heavy (non-hydrogen) atoms. The Balaban J connectivity index is 2.07. The lowest BCUT2D eigenvalue weighted by atomic mass is 10.3. The molecule has 1 aromatic carbocycles. The lowest BCUT2D eigenvalue weighted by Gasteiger charge is -2.08. The van der Waals surface area contributed by atoms with Crippen LogP contribution in [0.25, 0.3) is 0 Å². The lowest BCUT2D eigenvalue weighted by molar-refractivity contribution is 0.410. The monoisotopic (exact) mass is 302 g/mol. The Morgan fingerprint density at radius 1 is 1.42 bits per heavy atom. The van der Waals surface area contributed by atoms with Crippen LogP contribution in [-0.4, -0.2) is 25.1 Å². The number of nitrogen functional groups attached to an aromatic ring is 1. The van der Waals surface area contributed by atoms with Crippen LogP contribution in [-0.2, 0) is 16.4 Å². The summed E-state index contributed by atoms with van der Waals surface area (Å²) >= 11 is 5.84. The van der Waals surface area contributed by atoms with Crippen molar-refractivity contribution in [2.24, 2.45) is 0 Å². The van der Waals surface area contributed by atoms with E-state index in [2.05, 4.69) is 19.4 Å². The first-order chi connectivity index (χ1) is 8.99. The highest BCUT2D eigenvalue weighted by Gasteiger charge is 2.17. The first-order valence-corrected chi connectivity index (χ1v) is 7.15. The second-order valence-corrected chi connectivity index (χ2v) is 5.83. The van der Waals surface area contributed by atoms with Gasteiger partial charge in [-0.25, -0.2) is 13.1 Å². The number of hydrogen-bond donors (Lipinski definition) is 2. The van der Waals surface area contributed by atoms with Crippen LogP contribution in [0.3, 0.4) is 0 Å². The van der Waals surface area contributed by atoms with Crippen molar-refractivity contribution in [1.82, 2.24) is 14.9 Å². The average Bonchev–Trinajstić information content (AvgIpc) is 2.85. The van der Waals surface area contributed by atoms with Crippen LogP contribution in [0.15, 0.2) is 34.0 Å². The van der Waals surface area contributed by atoms with E-state index >= 15 is 0 Å². The highest BCUT2D eigenvalue weighted by Crippen LogP contribution is 2.23. The average molecular weight is 303 g/mol. The Hall–Kier alpha value is -1.64. The fourth-order valence-electron chi connectivity index (χ4n) is 1.40. The summed E-state index contributed by atoms with van der Waals surface area (Å²) in [6, 6.07) is 4.27. The van der Waals surface area contributed by atoms with E-state index in [1.807, 2.05) is 0 Å². The summed E-state index contributed by atoms with van der Waals surface area (Å²) in [6.45, 7) is 0.132. The number of halogens is 1. The predicted molar refractivity (Wildman–Crippen MR) is 69.1 cm³/mol. The summed E-state index contributed by atoms with van der Waals surface area (Å²) < 4.78 is 31.0. The molecule has 0 aliphatic carbocycles. The first kappa shape index (κ1) is 13.8. The molecule has 9 heteroatoms. The van der Waals surface area contributed by atoms with E-state index in [0.717, 1.165) is 0 Å². The third-order valence-electron chi connectivity index (χ3n) is 2.29. The molecule has 3 N–H and O–H groups in total. The smallest absolute Gasteiger partial charge is 0.242 e. The van der Waals surface area contributed by atoms with Gasteiger partial charge < -0.3 is 10.3 Å². The van der Waals surface area contributed by atoms with Gasteiger partial charge in [0.15, 0.2) is 5.82 Å². The fraction of sp³-hybridized carbons (Fsp3) is 0.200. The second-order valence-electron chi connectivity index (χ2n) is 3.69. The number of benzene rings is 1. The van der Waals surface area contributed by atoms with Gasteiger partial charge in [-0.1, -0.05) is 16.8 Å². The standard InChI is InChI=1S/C10H11ClN4O3S/c11-8-2-1-7(12)5-9(8)19(16,17)14-4-3-10-13-6-18-15-10/h1-2,5-6,14H,3-4,12H2. The maximum atomic E-state index is 12.0. The third-order valence-corrected chi connectivity index (χ3v) is 4.24. The first-order valence-electron chi connectivity index (χ1n) is 5.29. The lowest BCUT2D eigenvalue weighted by Crippen LogP contribution is -2.26. The van der Waals surface area contributed by atoms with Crippen molar-refractivity contribution >= 4 is 27.3 Å². The molecule has 1 heterocycles. The zero-order valence-corrected chi connectivity index (χ0v) is 11.3. The van der Waals surface area contributed by atoms with E-state index in [9.17, 15) is 8.42 Å². The zero-order chi connectivity index (χ0) is 13.9. The maximum Gasteiger partial charge on any atom is 0.242 e. The minimum Gasteiger partial charge on any atom is -0.399 e. The summed E-state index contributed by atoms with van der Waals surface area (Å²) in [5.74, 6) is 0.418. The van der Waals surface area contributed by atoms with Crippen LogP contribution in [0, 0.1) is 0 Å². The summed E-state index contributed by atoms with van der Waals surface area (Å²) in [6.07, 6.45) is 1.49. The number of aromatic nitrogens is 2. The van der Waals surface area contributed by atoms with Crippen LogP contribution in [0.2, 0.25) is 5.02 Å². The quantitative estimate of drug-likeness (QED) is 0.791. The van der Waals surface area contributed by atoms with Gasteiger partial charge in [-0.3, -0.25) is 0 Å². The highest BCUT2D eigenvalue weighted by atomic mass is 35.5. The van der Waals surface area contributed by atoms with E-state index in [-0.39, 0.29) is 16.5 Å². The van der Waals surface area contributed by atoms with Gasteiger partial charge in [-0.05, 0) is 18.2 Å². The Morgan fingerprint density at radius 3 is 2.89 bits per heavy atom. The summed E-state index contributed by atoms with van der Waals surface area (Å²) in [5, 5.41) is 3.69. The van der Waals surface area contributed by atoms with Crippen LogP contribution in [0.4, 0.5) is 5.69 Å². The Bertz CT molecular complexity index is 657. The molecule has 102 valence electrons. The number of nitrogens with two attached hydrogens (primary N) is 1. The van der Waals surface area contributed by atoms with Crippen molar-refractivity contribution in [2.75, 3.05) is 12.3 Å². The molecule has 0 fully saturated rings. The molecule has 0 aliphatic heterocycles. The molecule has 0 aliphatic rings. The molecule has 0 amide bonds. The number of sulfonamides is 1. The van der Waals surface area contributed by atoms with Gasteiger partial charge in [-0.15, -0.1) is 0 Å². The second kappa shape index (κ2) is 5.55. The Labute approximate surface area is 114 Å². The van der Waals surface area contributed by atoms with Crippen molar-refractivity contribution < 1.29 is 12.9 Å². The number of nitrogens with one attached hydrogen (secondary N) is 1. The number of rotatable bonds is 5. The zero-order valence-electron chi connectivity index (χ0n) is 9.71. The van der Waals surface area contributed by atoms with Gasteiger partial charge in [0.1, 0.15) is 4.90 Å². The number of nitrogens with zero attached hydrogens (tertiary/aromatic N) is 2. The van der Waals surface area contributed by atoms with Crippen molar-refractivity contribution in [3.63, 3.8) is 0 Å². The van der Waals surface area contributed by atoms with Gasteiger partial charge in [0.05, 0.1) is 5.02 Å². The number of hydrogen-bond acceptors (Lipinski definition) is 6. The molecule has 0 saturated carbocycles. The molecule has 0 saturated heterocycles. The highest BCUT2D eigenvalue weighted by molar-refractivity contribution is 7.89. The maximum absolute atomic E-state index is 12.0. The fourth-order valence-corrected chi connectivity index (χ4v) is 2.97. The van der Waals surface area contributed by atoms with E-state index in [4.69, 9.17) is 17.3 Å². The van der Waals surface area contributed by atoms with Crippen molar-refractivity contribution in [3.05, 3.63) is 35.4 Å². The van der Waals surface area contributed by atoms with Gasteiger partial charge in [0.2, 0.25) is 16.4 Å². The minimum absolute atomic E-state index is 0.0534. The van der Waals surface area contributed by atoms with Gasteiger partial charge in [0, 0.05) is 18.7 Å². The summed E-state index contributed by atoms with van der Waals surface area (Å²) in [4.78, 5) is 3.73. The number of anilines is 1. The van der Waals surface area contributed by atoms with E-state index in [0.29, 0.717) is 17.9 Å². The molecule has 2 rings (SSSR count).